The fourth-order valence-corrected chi connectivity index (χ4v) is 8.45. The number of hydrogen-bond acceptors (Lipinski definition) is 5. The minimum absolute atomic E-state index is 0.0773. The van der Waals surface area contributed by atoms with Crippen LogP contribution >= 0.6 is 11.3 Å². The Morgan fingerprint density at radius 1 is 0.479 bits per heavy atom. The Hall–Kier alpha value is -5.52. The molecule has 0 saturated carbocycles. The van der Waals surface area contributed by atoms with Crippen LogP contribution in [0, 0.1) is 0 Å². The van der Waals surface area contributed by atoms with Crippen molar-refractivity contribution in [3.8, 4) is 21.1 Å². The van der Waals surface area contributed by atoms with Gasteiger partial charge < -0.3 is 9.80 Å². The average Bonchev–Trinajstić information content (AvgIpc) is 3.63. The minimum atomic E-state index is -0.0773. The largest absolute Gasteiger partial charge is 0.310 e. The van der Waals surface area contributed by atoms with Crippen LogP contribution in [-0.4, -0.2) is 10.2 Å². The van der Waals surface area contributed by atoms with Gasteiger partial charge in [-0.25, -0.2) is 0 Å². The molecule has 232 valence electrons. The molecule has 0 fully saturated rings. The lowest BCUT2D eigenvalue weighted by atomic mass is 9.73. The maximum absolute atomic E-state index is 4.62. The van der Waals surface area contributed by atoms with Gasteiger partial charge >= 0.3 is 0 Å². The first kappa shape index (κ1) is 28.7. The molecule has 0 radical (unpaired) electrons. The second-order valence-corrected chi connectivity index (χ2v) is 14.2. The predicted octanol–water partition coefficient (Wildman–Crippen LogP) is 11.9. The van der Waals surface area contributed by atoms with Crippen LogP contribution in [0.25, 0.3) is 21.1 Å². The number of rotatable bonds is 4. The molecule has 2 aliphatic rings. The van der Waals surface area contributed by atoms with E-state index >= 15 is 0 Å². The molecule has 3 heterocycles. The van der Waals surface area contributed by atoms with E-state index in [9.17, 15) is 0 Å². The van der Waals surface area contributed by atoms with Crippen molar-refractivity contribution in [2.45, 2.75) is 32.1 Å². The molecule has 7 aromatic rings. The molecule has 2 aliphatic heterocycles. The Morgan fingerprint density at radius 2 is 0.854 bits per heavy atom. The van der Waals surface area contributed by atoms with Crippen LogP contribution in [0.2, 0.25) is 0 Å². The molecule has 0 unspecified atom stereocenters. The number of nitrogens with zero attached hydrogens (tertiary/aromatic N) is 4. The van der Waals surface area contributed by atoms with Gasteiger partial charge in [0.1, 0.15) is 10.0 Å². The first-order chi connectivity index (χ1) is 23.5. The van der Waals surface area contributed by atoms with Crippen molar-refractivity contribution in [1.29, 1.82) is 0 Å². The van der Waals surface area contributed by atoms with Crippen molar-refractivity contribution < 1.29 is 0 Å². The van der Waals surface area contributed by atoms with Crippen molar-refractivity contribution in [3.63, 3.8) is 0 Å². The Bertz CT molecular complexity index is 2200. The highest BCUT2D eigenvalue weighted by molar-refractivity contribution is 7.17. The molecule has 48 heavy (non-hydrogen) atoms. The number of para-hydroxylation sites is 4. The molecule has 0 amide bonds. The zero-order valence-corrected chi connectivity index (χ0v) is 27.9. The van der Waals surface area contributed by atoms with Gasteiger partial charge in [0.05, 0.1) is 11.4 Å². The zero-order valence-electron chi connectivity index (χ0n) is 27.1. The maximum atomic E-state index is 4.62. The standard InChI is InChI=1S/C43H34N4S/c1-28-33-12-4-8-16-37(33)46(38-17-9-5-13-34(28)38)31-24-20-29(21-25-31)41-44-45-42(48-41)30-22-26-32(27-23-30)47-39-18-10-6-14-35(39)43(2,3)36-15-7-11-19-40(36)47/h4-28H,1-3H3. The highest BCUT2D eigenvalue weighted by Gasteiger charge is 2.36. The summed E-state index contributed by atoms with van der Waals surface area (Å²) >= 11 is 1.63. The molecular weight excluding hydrogens is 605 g/mol. The molecule has 0 N–H and O–H groups in total. The third kappa shape index (κ3) is 4.42. The van der Waals surface area contributed by atoms with E-state index in [0.717, 1.165) is 32.5 Å². The van der Waals surface area contributed by atoms with E-state index < -0.39 is 0 Å². The van der Waals surface area contributed by atoms with Gasteiger partial charge in [0, 0.05) is 45.2 Å². The highest BCUT2D eigenvalue weighted by atomic mass is 32.1. The number of anilines is 6. The van der Waals surface area contributed by atoms with Gasteiger partial charge in [-0.2, -0.15) is 0 Å². The van der Waals surface area contributed by atoms with Gasteiger partial charge in [-0.1, -0.05) is 105 Å². The first-order valence-corrected chi connectivity index (χ1v) is 17.3. The molecule has 0 spiro atoms. The van der Waals surface area contributed by atoms with Crippen LogP contribution in [0.1, 0.15) is 48.9 Å². The summed E-state index contributed by atoms with van der Waals surface area (Å²) in [6.45, 7) is 6.93. The van der Waals surface area contributed by atoms with Crippen LogP contribution in [0.4, 0.5) is 34.1 Å². The maximum Gasteiger partial charge on any atom is 0.148 e. The predicted molar refractivity (Wildman–Crippen MR) is 200 cm³/mol. The highest BCUT2D eigenvalue weighted by Crippen LogP contribution is 2.52. The summed E-state index contributed by atoms with van der Waals surface area (Å²) in [7, 11) is 0. The SMILES string of the molecule is CC1c2ccccc2N(c2ccc(-c3nnc(-c4ccc(N5c6ccccc6C(C)(C)c6ccccc65)cc4)s3)cc2)c2ccccc21. The Morgan fingerprint density at radius 3 is 1.31 bits per heavy atom. The lowest BCUT2D eigenvalue weighted by molar-refractivity contribution is 0.632. The van der Waals surface area contributed by atoms with Gasteiger partial charge in [0.2, 0.25) is 0 Å². The lowest BCUT2D eigenvalue weighted by Gasteiger charge is -2.42. The zero-order chi connectivity index (χ0) is 32.4. The lowest BCUT2D eigenvalue weighted by Crippen LogP contribution is -2.30. The quantitative estimate of drug-likeness (QED) is 0.192. The van der Waals surface area contributed by atoms with Crippen molar-refractivity contribution >= 4 is 45.5 Å². The summed E-state index contributed by atoms with van der Waals surface area (Å²) < 4.78 is 0. The van der Waals surface area contributed by atoms with Gasteiger partial charge in [-0.05, 0) is 95.1 Å². The van der Waals surface area contributed by atoms with E-state index in [2.05, 4.69) is 186 Å². The third-order valence-corrected chi connectivity index (χ3v) is 11.1. The monoisotopic (exact) mass is 638 g/mol. The summed E-state index contributed by atoms with van der Waals surface area (Å²) in [5.74, 6) is 0.348. The normalized spacial score (nSPS) is 14.6. The van der Waals surface area contributed by atoms with E-state index in [1.54, 1.807) is 11.3 Å². The van der Waals surface area contributed by atoms with Gasteiger partial charge in [-0.15, -0.1) is 10.2 Å². The molecular formula is C43H34N4S. The molecule has 0 atom stereocenters. The number of aromatic nitrogens is 2. The summed E-state index contributed by atoms with van der Waals surface area (Å²) in [5.41, 5.74) is 14.6. The second-order valence-electron chi connectivity index (χ2n) is 13.2. The van der Waals surface area contributed by atoms with E-state index in [-0.39, 0.29) is 5.41 Å². The Labute approximate surface area is 285 Å². The van der Waals surface area contributed by atoms with Crippen LogP contribution in [0.3, 0.4) is 0 Å². The average molecular weight is 639 g/mol. The van der Waals surface area contributed by atoms with Gasteiger partial charge in [0.15, 0.2) is 0 Å². The molecule has 0 aliphatic carbocycles. The van der Waals surface area contributed by atoms with Crippen molar-refractivity contribution in [1.82, 2.24) is 10.2 Å². The molecule has 0 bridgehead atoms. The second kappa shape index (κ2) is 11.0. The van der Waals surface area contributed by atoms with Gasteiger partial charge in [-0.3, -0.25) is 0 Å². The first-order valence-electron chi connectivity index (χ1n) is 16.5. The van der Waals surface area contributed by atoms with Crippen molar-refractivity contribution in [3.05, 3.63) is 168 Å². The third-order valence-electron chi connectivity index (χ3n) is 10.1. The van der Waals surface area contributed by atoms with Gasteiger partial charge in [0.25, 0.3) is 0 Å². The van der Waals surface area contributed by atoms with E-state index in [1.807, 2.05) is 0 Å². The smallest absolute Gasteiger partial charge is 0.148 e. The number of hydrogen-bond donors (Lipinski definition) is 0. The van der Waals surface area contributed by atoms with E-state index in [1.165, 1.54) is 45.0 Å². The van der Waals surface area contributed by atoms with E-state index in [4.69, 9.17) is 0 Å². The topological polar surface area (TPSA) is 32.3 Å². The van der Waals surface area contributed by atoms with Crippen LogP contribution in [0.15, 0.2) is 146 Å². The molecule has 1 aromatic heterocycles. The van der Waals surface area contributed by atoms with Crippen molar-refractivity contribution in [2.75, 3.05) is 9.80 Å². The van der Waals surface area contributed by atoms with Crippen LogP contribution in [-0.2, 0) is 5.41 Å². The summed E-state index contributed by atoms with van der Waals surface area (Å²) in [6, 6.07) is 52.4. The fourth-order valence-electron chi connectivity index (χ4n) is 7.60. The molecule has 6 aromatic carbocycles. The Kier molecular flexibility index (Phi) is 6.59. The van der Waals surface area contributed by atoms with Crippen LogP contribution in [0.5, 0.6) is 0 Å². The minimum Gasteiger partial charge on any atom is -0.310 e. The molecule has 5 heteroatoms. The Balaban J connectivity index is 1.01. The van der Waals surface area contributed by atoms with E-state index in [0.29, 0.717) is 5.92 Å². The van der Waals surface area contributed by atoms with Crippen molar-refractivity contribution in [2.24, 2.45) is 0 Å². The molecule has 9 rings (SSSR count). The van der Waals surface area contributed by atoms with Crippen LogP contribution < -0.4 is 9.80 Å². The molecule has 4 nitrogen and oxygen atoms in total. The summed E-state index contributed by atoms with van der Waals surface area (Å²) in [6.07, 6.45) is 0. The summed E-state index contributed by atoms with van der Waals surface area (Å²) in [4.78, 5) is 4.76. The fraction of sp³-hybridized carbons (Fsp3) is 0.116. The molecule has 0 saturated heterocycles. The number of fused-ring (bicyclic) bond motifs is 4. The summed E-state index contributed by atoms with van der Waals surface area (Å²) in [5, 5.41) is 11.1. The number of benzene rings is 6.